The van der Waals surface area contributed by atoms with E-state index in [4.69, 9.17) is 0 Å². The molecule has 1 N–H and O–H groups in total. The third-order valence-electron chi connectivity index (χ3n) is 3.94. The summed E-state index contributed by atoms with van der Waals surface area (Å²) in [6, 6.07) is 2.76. The minimum absolute atomic E-state index is 0.591. The normalized spacial score (nSPS) is 23.7. The predicted molar refractivity (Wildman–Crippen MR) is 77.3 cm³/mol. The van der Waals surface area contributed by atoms with E-state index in [0.29, 0.717) is 6.04 Å². The Balaban J connectivity index is 2.01. The number of pyridine rings is 1. The van der Waals surface area contributed by atoms with Gasteiger partial charge in [0.05, 0.1) is 0 Å². The molecule has 2 rings (SSSR count). The largest absolute Gasteiger partial charge is 0.382 e. The van der Waals surface area contributed by atoms with Gasteiger partial charge in [-0.2, -0.15) is 0 Å². The lowest BCUT2D eigenvalue weighted by Gasteiger charge is -2.28. The predicted octanol–water partition coefficient (Wildman–Crippen LogP) is 3.84. The van der Waals surface area contributed by atoms with E-state index < -0.39 is 0 Å². The summed E-state index contributed by atoms with van der Waals surface area (Å²) in [6.45, 7) is 10.7. The van der Waals surface area contributed by atoms with Crippen molar-refractivity contribution in [3.8, 4) is 0 Å². The second kappa shape index (κ2) is 5.55. The second-order valence-electron chi connectivity index (χ2n) is 5.73. The van der Waals surface area contributed by atoms with E-state index >= 15 is 0 Å². The van der Waals surface area contributed by atoms with Crippen molar-refractivity contribution < 1.29 is 0 Å². The van der Waals surface area contributed by atoms with Gasteiger partial charge in [-0.05, 0) is 57.1 Å². The van der Waals surface area contributed by atoms with E-state index in [0.717, 1.165) is 22.9 Å². The molecule has 1 heterocycles. The molecular formula is C16H24N2. The molecule has 0 saturated heterocycles. The fraction of sp³-hybridized carbons (Fsp3) is 0.562. The topological polar surface area (TPSA) is 24.9 Å². The molecule has 1 saturated carbocycles. The number of hydrogen-bond donors (Lipinski definition) is 1. The van der Waals surface area contributed by atoms with Gasteiger partial charge in [-0.3, -0.25) is 4.98 Å². The van der Waals surface area contributed by atoms with Crippen LogP contribution in [0, 0.1) is 19.8 Å². The molecule has 2 nitrogen and oxygen atoms in total. The molecule has 98 valence electrons. The summed E-state index contributed by atoms with van der Waals surface area (Å²) < 4.78 is 0. The molecule has 2 heteroatoms. The highest BCUT2D eigenvalue weighted by molar-refractivity contribution is 5.64. The van der Waals surface area contributed by atoms with Crippen LogP contribution in [-0.2, 0) is 0 Å². The van der Waals surface area contributed by atoms with Gasteiger partial charge in [0.1, 0.15) is 0 Å². The van der Waals surface area contributed by atoms with Gasteiger partial charge in [0.25, 0.3) is 0 Å². The molecule has 1 aliphatic carbocycles. The summed E-state index contributed by atoms with van der Waals surface area (Å²) in [5.74, 6) is 0.888. The lowest BCUT2D eigenvalue weighted by atomic mass is 9.87. The quantitative estimate of drug-likeness (QED) is 0.874. The van der Waals surface area contributed by atoms with E-state index in [1.165, 1.54) is 31.2 Å². The molecule has 1 fully saturated rings. The number of hydrogen-bond acceptors (Lipinski definition) is 2. The van der Waals surface area contributed by atoms with Crippen molar-refractivity contribution in [3.05, 3.63) is 35.7 Å². The van der Waals surface area contributed by atoms with Crippen LogP contribution in [0.5, 0.6) is 0 Å². The fourth-order valence-corrected chi connectivity index (χ4v) is 2.67. The van der Waals surface area contributed by atoms with Crippen LogP contribution in [0.3, 0.4) is 0 Å². The van der Waals surface area contributed by atoms with Crippen molar-refractivity contribution in [3.63, 3.8) is 0 Å². The van der Waals surface area contributed by atoms with E-state index in [9.17, 15) is 0 Å². The van der Waals surface area contributed by atoms with E-state index in [1.807, 2.05) is 13.1 Å². The van der Waals surface area contributed by atoms with Gasteiger partial charge in [-0.25, -0.2) is 0 Å². The summed E-state index contributed by atoms with van der Waals surface area (Å²) in [5, 5.41) is 3.59. The van der Waals surface area contributed by atoms with Crippen LogP contribution in [0.1, 0.15) is 49.4 Å². The third kappa shape index (κ3) is 3.12. The molecule has 0 spiro atoms. The van der Waals surface area contributed by atoms with Crippen LogP contribution >= 0.6 is 0 Å². The van der Waals surface area contributed by atoms with Crippen molar-refractivity contribution in [1.82, 2.24) is 10.3 Å². The molecule has 0 radical (unpaired) electrons. The smallest absolute Gasteiger partial charge is 0.0465 e. The van der Waals surface area contributed by atoms with Crippen molar-refractivity contribution in [1.29, 1.82) is 0 Å². The Morgan fingerprint density at radius 2 is 1.94 bits per heavy atom. The molecule has 1 aromatic rings. The average molecular weight is 244 g/mol. The Bertz CT molecular complexity index is 429. The molecule has 0 unspecified atom stereocenters. The van der Waals surface area contributed by atoms with Crippen molar-refractivity contribution in [2.45, 2.75) is 52.5 Å². The Hall–Kier alpha value is -1.31. The minimum atomic E-state index is 0.591. The maximum absolute atomic E-state index is 4.40. The van der Waals surface area contributed by atoms with Crippen molar-refractivity contribution in [2.24, 2.45) is 5.92 Å². The van der Waals surface area contributed by atoms with Crippen LogP contribution < -0.4 is 5.32 Å². The average Bonchev–Trinajstić information content (AvgIpc) is 2.35. The van der Waals surface area contributed by atoms with Gasteiger partial charge in [-0.15, -0.1) is 0 Å². The first-order valence-corrected chi connectivity index (χ1v) is 6.95. The van der Waals surface area contributed by atoms with Crippen LogP contribution in [0.2, 0.25) is 0 Å². The molecular weight excluding hydrogens is 220 g/mol. The van der Waals surface area contributed by atoms with Crippen molar-refractivity contribution >= 4 is 5.70 Å². The zero-order chi connectivity index (χ0) is 13.1. The van der Waals surface area contributed by atoms with E-state index in [-0.39, 0.29) is 0 Å². The number of nitrogens with one attached hydrogen (secondary N) is 1. The van der Waals surface area contributed by atoms with E-state index in [2.05, 4.69) is 36.8 Å². The molecule has 0 aliphatic heterocycles. The summed E-state index contributed by atoms with van der Waals surface area (Å²) in [4.78, 5) is 4.40. The van der Waals surface area contributed by atoms with E-state index in [1.54, 1.807) is 0 Å². The Kier molecular flexibility index (Phi) is 4.05. The third-order valence-corrected chi connectivity index (χ3v) is 3.94. The Morgan fingerprint density at radius 1 is 1.28 bits per heavy atom. The van der Waals surface area contributed by atoms with Crippen molar-refractivity contribution in [2.75, 3.05) is 0 Å². The van der Waals surface area contributed by atoms with Crippen LogP contribution in [-0.4, -0.2) is 11.0 Å². The lowest BCUT2D eigenvalue weighted by molar-refractivity contribution is 0.328. The first-order chi connectivity index (χ1) is 8.56. The standard InChI is InChI=1S/C16H24N2/c1-11-5-7-15(8-6-11)18-14(4)16-9-12(2)10-17-13(16)3/h9-11,15,18H,4-8H2,1-3H3/t11-,15-. The maximum atomic E-state index is 4.40. The fourth-order valence-electron chi connectivity index (χ4n) is 2.67. The number of nitrogens with zero attached hydrogens (tertiary/aromatic N) is 1. The number of aromatic nitrogens is 1. The molecule has 0 atom stereocenters. The van der Waals surface area contributed by atoms with Gasteiger partial charge in [0.2, 0.25) is 0 Å². The zero-order valence-electron chi connectivity index (χ0n) is 11.8. The summed E-state index contributed by atoms with van der Waals surface area (Å²) in [5.41, 5.74) is 4.44. The van der Waals surface area contributed by atoms with Gasteiger partial charge in [-0.1, -0.05) is 13.5 Å². The lowest BCUT2D eigenvalue weighted by Crippen LogP contribution is -2.31. The highest BCUT2D eigenvalue weighted by Crippen LogP contribution is 2.25. The van der Waals surface area contributed by atoms with Gasteiger partial charge < -0.3 is 5.32 Å². The molecule has 0 amide bonds. The molecule has 18 heavy (non-hydrogen) atoms. The monoisotopic (exact) mass is 244 g/mol. The molecule has 0 bridgehead atoms. The first-order valence-electron chi connectivity index (χ1n) is 6.95. The second-order valence-corrected chi connectivity index (χ2v) is 5.73. The number of aryl methyl sites for hydroxylation is 2. The molecule has 1 aliphatic rings. The van der Waals surface area contributed by atoms with Gasteiger partial charge in [0.15, 0.2) is 0 Å². The molecule has 0 aromatic carbocycles. The van der Waals surface area contributed by atoms with Crippen LogP contribution in [0.25, 0.3) is 5.70 Å². The number of rotatable bonds is 3. The van der Waals surface area contributed by atoms with Gasteiger partial charge in [0, 0.05) is 29.2 Å². The highest BCUT2D eigenvalue weighted by atomic mass is 14.9. The maximum Gasteiger partial charge on any atom is 0.0465 e. The van der Waals surface area contributed by atoms with Crippen LogP contribution in [0.15, 0.2) is 18.8 Å². The molecule has 1 aromatic heterocycles. The minimum Gasteiger partial charge on any atom is -0.382 e. The zero-order valence-corrected chi connectivity index (χ0v) is 11.8. The first kappa shape index (κ1) is 13.1. The highest BCUT2D eigenvalue weighted by Gasteiger charge is 2.18. The Morgan fingerprint density at radius 3 is 2.61 bits per heavy atom. The van der Waals surface area contributed by atoms with Gasteiger partial charge >= 0.3 is 0 Å². The SMILES string of the molecule is C=C(N[C@H]1CC[C@H](C)CC1)c1cc(C)cnc1C. The Labute approximate surface area is 111 Å². The summed E-state index contributed by atoms with van der Waals surface area (Å²) in [7, 11) is 0. The summed E-state index contributed by atoms with van der Waals surface area (Å²) in [6.07, 6.45) is 7.09. The summed E-state index contributed by atoms with van der Waals surface area (Å²) >= 11 is 0. The van der Waals surface area contributed by atoms with Crippen LogP contribution in [0.4, 0.5) is 0 Å².